The second kappa shape index (κ2) is 6.57. The Kier molecular flexibility index (Phi) is 5.02. The van der Waals surface area contributed by atoms with Crippen LogP contribution in [0.4, 0.5) is 8.78 Å². The summed E-state index contributed by atoms with van der Waals surface area (Å²) in [6.45, 7) is 0. The second-order valence-electron chi connectivity index (χ2n) is 3.91. The molecule has 0 unspecified atom stereocenters. The van der Waals surface area contributed by atoms with Crippen molar-refractivity contribution in [2.24, 2.45) is 0 Å². The molecule has 2 aromatic carbocycles. The number of rotatable bonds is 4. The highest BCUT2D eigenvalue weighted by Crippen LogP contribution is 2.30. The zero-order chi connectivity index (χ0) is 14.7. The van der Waals surface area contributed by atoms with Crippen molar-refractivity contribution in [3.05, 3.63) is 63.6 Å². The second-order valence-corrected chi connectivity index (χ2v) is 5.77. The number of hydrogen-bond acceptors (Lipinski definition) is 2. The standard InChI is InChI=1S/C14H8Cl2F2OS/c15-8-1-4-11(16)14(5-8)20-7-13(19)10-3-2-9(17)6-12(10)18/h1-6H,7H2. The van der Waals surface area contributed by atoms with E-state index in [1.165, 1.54) is 0 Å². The number of hydrogen-bond donors (Lipinski definition) is 0. The molecule has 0 bridgehead atoms. The van der Waals surface area contributed by atoms with Crippen LogP contribution in [0.1, 0.15) is 10.4 Å². The molecule has 1 nitrogen and oxygen atoms in total. The Labute approximate surface area is 128 Å². The lowest BCUT2D eigenvalue weighted by molar-refractivity contribution is 0.101. The number of ketones is 1. The van der Waals surface area contributed by atoms with Gasteiger partial charge in [-0.25, -0.2) is 8.78 Å². The summed E-state index contributed by atoms with van der Waals surface area (Å²) in [5.74, 6) is -2.04. The largest absolute Gasteiger partial charge is 0.293 e. The van der Waals surface area contributed by atoms with E-state index in [-0.39, 0.29) is 11.3 Å². The number of halogens is 4. The molecular formula is C14H8Cl2F2OS. The molecule has 2 rings (SSSR count). The van der Waals surface area contributed by atoms with Crippen molar-refractivity contribution < 1.29 is 13.6 Å². The molecule has 0 aliphatic carbocycles. The van der Waals surface area contributed by atoms with Crippen LogP contribution in [0.25, 0.3) is 0 Å². The number of carbonyl (C=O) groups excluding carboxylic acids is 1. The van der Waals surface area contributed by atoms with E-state index in [0.29, 0.717) is 21.0 Å². The molecule has 0 radical (unpaired) electrons. The summed E-state index contributed by atoms with van der Waals surface area (Å²) < 4.78 is 26.2. The average Bonchev–Trinajstić information content (AvgIpc) is 2.39. The molecule has 104 valence electrons. The van der Waals surface area contributed by atoms with Gasteiger partial charge in [-0.3, -0.25) is 4.79 Å². The number of carbonyl (C=O) groups is 1. The topological polar surface area (TPSA) is 17.1 Å². The molecule has 0 aliphatic heterocycles. The fourth-order valence-electron chi connectivity index (χ4n) is 1.52. The normalized spacial score (nSPS) is 10.6. The minimum atomic E-state index is -0.868. The van der Waals surface area contributed by atoms with Crippen molar-refractivity contribution >= 4 is 40.7 Å². The minimum absolute atomic E-state index is 0.0113. The monoisotopic (exact) mass is 332 g/mol. The highest BCUT2D eigenvalue weighted by Gasteiger charge is 2.13. The molecule has 0 aliphatic rings. The minimum Gasteiger partial charge on any atom is -0.293 e. The lowest BCUT2D eigenvalue weighted by Crippen LogP contribution is -2.05. The first-order chi connectivity index (χ1) is 9.47. The number of benzene rings is 2. The Morgan fingerprint density at radius 1 is 1.10 bits per heavy atom. The molecule has 0 fully saturated rings. The number of thioether (sulfide) groups is 1. The maximum Gasteiger partial charge on any atom is 0.176 e. The summed E-state index contributed by atoms with van der Waals surface area (Å²) in [5, 5.41) is 0.962. The summed E-state index contributed by atoms with van der Waals surface area (Å²) in [7, 11) is 0. The lowest BCUT2D eigenvalue weighted by Gasteiger charge is -2.05. The summed E-state index contributed by atoms with van der Waals surface area (Å²) >= 11 is 12.9. The first-order valence-corrected chi connectivity index (χ1v) is 7.27. The van der Waals surface area contributed by atoms with Crippen LogP contribution >= 0.6 is 35.0 Å². The van der Waals surface area contributed by atoms with Gasteiger partial charge < -0.3 is 0 Å². The highest BCUT2D eigenvalue weighted by atomic mass is 35.5. The van der Waals surface area contributed by atoms with E-state index in [1.54, 1.807) is 18.2 Å². The molecule has 20 heavy (non-hydrogen) atoms. The van der Waals surface area contributed by atoms with E-state index in [1.807, 2.05) is 0 Å². The van der Waals surface area contributed by atoms with E-state index in [9.17, 15) is 13.6 Å². The molecule has 0 aromatic heterocycles. The van der Waals surface area contributed by atoms with Gasteiger partial charge in [0.15, 0.2) is 5.78 Å². The molecule has 2 aromatic rings. The van der Waals surface area contributed by atoms with E-state index >= 15 is 0 Å². The van der Waals surface area contributed by atoms with Gasteiger partial charge in [-0.15, -0.1) is 11.8 Å². The predicted molar refractivity (Wildman–Crippen MR) is 77.9 cm³/mol. The molecule has 0 heterocycles. The summed E-state index contributed by atoms with van der Waals surface area (Å²) in [6.07, 6.45) is 0. The Morgan fingerprint density at radius 3 is 2.55 bits per heavy atom. The van der Waals surface area contributed by atoms with Gasteiger partial charge in [-0.1, -0.05) is 23.2 Å². The van der Waals surface area contributed by atoms with Crippen LogP contribution in [0.15, 0.2) is 41.3 Å². The van der Waals surface area contributed by atoms with Crippen LogP contribution in [0.5, 0.6) is 0 Å². The Balaban J connectivity index is 2.10. The van der Waals surface area contributed by atoms with Crippen LogP contribution in [0, 0.1) is 11.6 Å². The quantitative estimate of drug-likeness (QED) is 0.562. The molecule has 6 heteroatoms. The summed E-state index contributed by atoms with van der Waals surface area (Å²) in [5.41, 5.74) is -0.142. The third kappa shape index (κ3) is 3.72. The Morgan fingerprint density at radius 2 is 1.85 bits per heavy atom. The maximum atomic E-state index is 13.5. The summed E-state index contributed by atoms with van der Waals surface area (Å²) in [4.78, 5) is 12.5. The number of Topliss-reactive ketones (excluding diaryl/α,β-unsaturated/α-hetero) is 1. The first kappa shape index (κ1) is 15.3. The molecular weight excluding hydrogens is 325 g/mol. The molecule has 0 saturated carbocycles. The fraction of sp³-hybridized carbons (Fsp3) is 0.0714. The van der Waals surface area contributed by atoms with Gasteiger partial charge in [-0.2, -0.15) is 0 Å². The van der Waals surface area contributed by atoms with Crippen molar-refractivity contribution in [1.82, 2.24) is 0 Å². The highest BCUT2D eigenvalue weighted by molar-refractivity contribution is 8.00. The SMILES string of the molecule is O=C(CSc1cc(Cl)ccc1Cl)c1ccc(F)cc1F. The van der Waals surface area contributed by atoms with Gasteiger partial charge in [0.1, 0.15) is 11.6 Å². The first-order valence-electron chi connectivity index (χ1n) is 5.53. The van der Waals surface area contributed by atoms with Crippen LogP contribution in [0.2, 0.25) is 10.0 Å². The Hall–Kier alpha value is -1.10. The molecule has 0 atom stereocenters. The van der Waals surface area contributed by atoms with Crippen molar-refractivity contribution in [3.8, 4) is 0 Å². The lowest BCUT2D eigenvalue weighted by atomic mass is 10.1. The Bertz CT molecular complexity index is 662. The van der Waals surface area contributed by atoms with E-state index in [0.717, 1.165) is 23.9 Å². The van der Waals surface area contributed by atoms with Crippen molar-refractivity contribution in [2.45, 2.75) is 4.90 Å². The third-order valence-electron chi connectivity index (χ3n) is 2.48. The zero-order valence-electron chi connectivity index (χ0n) is 10.00. The molecule has 0 spiro atoms. The third-order valence-corrected chi connectivity index (χ3v) is 4.22. The zero-order valence-corrected chi connectivity index (χ0v) is 12.3. The van der Waals surface area contributed by atoms with E-state index in [2.05, 4.69) is 0 Å². The molecule has 0 N–H and O–H groups in total. The van der Waals surface area contributed by atoms with Crippen LogP contribution in [-0.2, 0) is 0 Å². The van der Waals surface area contributed by atoms with Crippen molar-refractivity contribution in [1.29, 1.82) is 0 Å². The van der Waals surface area contributed by atoms with Crippen LogP contribution in [-0.4, -0.2) is 11.5 Å². The van der Waals surface area contributed by atoms with Gasteiger partial charge in [0.25, 0.3) is 0 Å². The average molecular weight is 333 g/mol. The van der Waals surface area contributed by atoms with E-state index in [4.69, 9.17) is 23.2 Å². The van der Waals surface area contributed by atoms with E-state index < -0.39 is 17.4 Å². The van der Waals surface area contributed by atoms with Crippen molar-refractivity contribution in [2.75, 3.05) is 5.75 Å². The van der Waals surface area contributed by atoms with Gasteiger partial charge in [-0.05, 0) is 30.3 Å². The predicted octanol–water partition coefficient (Wildman–Crippen LogP) is 5.25. The smallest absolute Gasteiger partial charge is 0.176 e. The van der Waals surface area contributed by atoms with Gasteiger partial charge in [0.05, 0.1) is 16.3 Å². The fourth-order valence-corrected chi connectivity index (χ4v) is 2.90. The summed E-state index contributed by atoms with van der Waals surface area (Å²) in [6, 6.07) is 7.75. The maximum absolute atomic E-state index is 13.5. The van der Waals surface area contributed by atoms with Gasteiger partial charge in [0, 0.05) is 16.0 Å². The molecule has 0 saturated heterocycles. The van der Waals surface area contributed by atoms with Gasteiger partial charge >= 0.3 is 0 Å². The van der Waals surface area contributed by atoms with Crippen LogP contribution < -0.4 is 0 Å². The van der Waals surface area contributed by atoms with Gasteiger partial charge in [0.2, 0.25) is 0 Å². The van der Waals surface area contributed by atoms with Crippen LogP contribution in [0.3, 0.4) is 0 Å². The molecule has 0 amide bonds. The van der Waals surface area contributed by atoms with Crippen molar-refractivity contribution in [3.63, 3.8) is 0 Å².